The largest absolute Gasteiger partial charge is 0.334 e. The highest BCUT2D eigenvalue weighted by atomic mass is 32.1. The summed E-state index contributed by atoms with van der Waals surface area (Å²) in [6, 6.07) is 0.0856. The first-order valence-corrected chi connectivity index (χ1v) is 6.62. The SMILES string of the molecule is CC(=O)CC1CCCN1C(=O)c1cnc(C)s1. The molecule has 1 aromatic heterocycles. The Morgan fingerprint density at radius 3 is 2.94 bits per heavy atom. The Kier molecular flexibility index (Phi) is 3.57. The van der Waals surface area contributed by atoms with Gasteiger partial charge >= 0.3 is 0 Å². The number of ketones is 1. The average molecular weight is 252 g/mol. The molecule has 5 heteroatoms. The number of nitrogens with zero attached hydrogens (tertiary/aromatic N) is 2. The van der Waals surface area contributed by atoms with Crippen molar-refractivity contribution < 1.29 is 9.59 Å². The molecule has 92 valence electrons. The first-order valence-electron chi connectivity index (χ1n) is 5.81. The first kappa shape index (κ1) is 12.2. The molecular formula is C12H16N2O2S. The third kappa shape index (κ3) is 2.72. The van der Waals surface area contributed by atoms with Crippen molar-refractivity contribution in [2.45, 2.75) is 39.2 Å². The number of Topliss-reactive ketones (excluding diaryl/α,β-unsaturated/α-hetero) is 1. The molecule has 1 aliphatic heterocycles. The lowest BCUT2D eigenvalue weighted by Gasteiger charge is -2.23. The summed E-state index contributed by atoms with van der Waals surface area (Å²) < 4.78 is 0. The summed E-state index contributed by atoms with van der Waals surface area (Å²) in [7, 11) is 0. The molecule has 17 heavy (non-hydrogen) atoms. The lowest BCUT2D eigenvalue weighted by atomic mass is 10.1. The second kappa shape index (κ2) is 4.96. The molecule has 0 radical (unpaired) electrons. The molecule has 0 N–H and O–H groups in total. The summed E-state index contributed by atoms with van der Waals surface area (Å²) in [5, 5.41) is 0.899. The molecule has 1 amide bonds. The van der Waals surface area contributed by atoms with Gasteiger partial charge < -0.3 is 4.90 Å². The molecule has 2 rings (SSSR count). The van der Waals surface area contributed by atoms with Gasteiger partial charge in [0.25, 0.3) is 5.91 Å². The lowest BCUT2D eigenvalue weighted by molar-refractivity contribution is -0.117. The summed E-state index contributed by atoms with van der Waals surface area (Å²) in [5.41, 5.74) is 0. The minimum absolute atomic E-state index is 0.0272. The average Bonchev–Trinajstić information content (AvgIpc) is 2.85. The number of amides is 1. The van der Waals surface area contributed by atoms with E-state index in [1.54, 1.807) is 13.1 Å². The van der Waals surface area contributed by atoms with Gasteiger partial charge in [-0.3, -0.25) is 9.59 Å². The van der Waals surface area contributed by atoms with Crippen molar-refractivity contribution in [2.75, 3.05) is 6.54 Å². The highest BCUT2D eigenvalue weighted by Gasteiger charge is 2.30. The van der Waals surface area contributed by atoms with Gasteiger partial charge in [-0.05, 0) is 26.7 Å². The van der Waals surface area contributed by atoms with E-state index in [4.69, 9.17) is 0 Å². The zero-order valence-corrected chi connectivity index (χ0v) is 10.9. The van der Waals surface area contributed by atoms with Gasteiger partial charge in [0, 0.05) is 19.0 Å². The van der Waals surface area contributed by atoms with Crippen LogP contribution >= 0.6 is 11.3 Å². The number of aryl methyl sites for hydroxylation is 1. The Bertz CT molecular complexity index is 441. The van der Waals surface area contributed by atoms with E-state index in [0.29, 0.717) is 11.3 Å². The van der Waals surface area contributed by atoms with Crippen LogP contribution in [0.1, 0.15) is 40.9 Å². The highest BCUT2D eigenvalue weighted by Crippen LogP contribution is 2.24. The number of carbonyl (C=O) groups is 2. The van der Waals surface area contributed by atoms with Crippen LogP contribution in [0.2, 0.25) is 0 Å². The van der Waals surface area contributed by atoms with Crippen LogP contribution in [0, 0.1) is 6.92 Å². The number of thiazole rings is 1. The zero-order chi connectivity index (χ0) is 12.4. The quantitative estimate of drug-likeness (QED) is 0.827. The van der Waals surface area contributed by atoms with E-state index in [9.17, 15) is 9.59 Å². The lowest BCUT2D eigenvalue weighted by Crippen LogP contribution is -2.36. The van der Waals surface area contributed by atoms with Gasteiger partial charge in [0.2, 0.25) is 0 Å². The van der Waals surface area contributed by atoms with Gasteiger partial charge in [0.05, 0.1) is 11.2 Å². The molecule has 0 aliphatic carbocycles. The van der Waals surface area contributed by atoms with E-state index >= 15 is 0 Å². The third-order valence-electron chi connectivity index (χ3n) is 2.99. The molecule has 1 aliphatic rings. The zero-order valence-electron chi connectivity index (χ0n) is 10.1. The molecule has 0 aromatic carbocycles. The van der Waals surface area contributed by atoms with E-state index in [0.717, 1.165) is 24.4 Å². The van der Waals surface area contributed by atoms with Crippen LogP contribution in [0.3, 0.4) is 0 Å². The fraction of sp³-hybridized carbons (Fsp3) is 0.583. The van der Waals surface area contributed by atoms with Gasteiger partial charge in [0.1, 0.15) is 10.7 Å². The summed E-state index contributed by atoms with van der Waals surface area (Å²) in [5.74, 6) is 0.175. The Balaban J connectivity index is 2.10. The van der Waals surface area contributed by atoms with Gasteiger partial charge in [0.15, 0.2) is 0 Å². The number of hydrogen-bond acceptors (Lipinski definition) is 4. The van der Waals surface area contributed by atoms with Crippen LogP contribution in [0.5, 0.6) is 0 Å². The van der Waals surface area contributed by atoms with Gasteiger partial charge in [-0.15, -0.1) is 11.3 Å². The van der Waals surface area contributed by atoms with E-state index in [2.05, 4.69) is 4.98 Å². The molecule has 1 atom stereocenters. The summed E-state index contributed by atoms with van der Waals surface area (Å²) in [6.45, 7) is 4.23. The van der Waals surface area contributed by atoms with Crippen LogP contribution in [-0.2, 0) is 4.79 Å². The molecule has 2 heterocycles. The summed E-state index contributed by atoms with van der Waals surface area (Å²) in [4.78, 5) is 30.0. The number of carbonyl (C=O) groups excluding carboxylic acids is 2. The maximum atomic E-state index is 12.2. The minimum Gasteiger partial charge on any atom is -0.334 e. The van der Waals surface area contributed by atoms with Crippen LogP contribution in [0.15, 0.2) is 6.20 Å². The normalized spacial score (nSPS) is 19.6. The summed E-state index contributed by atoms with van der Waals surface area (Å²) in [6.07, 6.45) is 4.03. The predicted molar refractivity (Wildman–Crippen MR) is 66.2 cm³/mol. The molecule has 1 unspecified atom stereocenters. The van der Waals surface area contributed by atoms with Crippen LogP contribution in [-0.4, -0.2) is 34.2 Å². The van der Waals surface area contributed by atoms with Crippen molar-refractivity contribution in [2.24, 2.45) is 0 Å². The maximum absolute atomic E-state index is 12.2. The summed E-state index contributed by atoms with van der Waals surface area (Å²) >= 11 is 1.42. The highest BCUT2D eigenvalue weighted by molar-refractivity contribution is 7.13. The van der Waals surface area contributed by atoms with Crippen molar-refractivity contribution >= 4 is 23.0 Å². The number of rotatable bonds is 3. The van der Waals surface area contributed by atoms with Gasteiger partial charge in [-0.1, -0.05) is 0 Å². The van der Waals surface area contributed by atoms with E-state index < -0.39 is 0 Å². The molecule has 1 aromatic rings. The van der Waals surface area contributed by atoms with Gasteiger partial charge in [-0.2, -0.15) is 0 Å². The molecule has 4 nitrogen and oxygen atoms in total. The van der Waals surface area contributed by atoms with Crippen molar-refractivity contribution in [3.63, 3.8) is 0 Å². The Morgan fingerprint density at radius 1 is 1.59 bits per heavy atom. The molecular weight excluding hydrogens is 236 g/mol. The fourth-order valence-corrected chi connectivity index (χ4v) is 2.98. The van der Waals surface area contributed by atoms with E-state index in [1.807, 2.05) is 11.8 Å². The Labute approximate surface area is 105 Å². The maximum Gasteiger partial charge on any atom is 0.265 e. The number of aromatic nitrogens is 1. The molecule has 1 saturated heterocycles. The molecule has 0 saturated carbocycles. The topological polar surface area (TPSA) is 50.3 Å². The minimum atomic E-state index is 0.0272. The standard InChI is InChI=1S/C12H16N2O2S/c1-8(15)6-10-4-3-5-14(10)12(16)11-7-13-9(2)17-11/h7,10H,3-6H2,1-2H3. The fourth-order valence-electron chi connectivity index (χ4n) is 2.25. The molecule has 0 spiro atoms. The Hall–Kier alpha value is -1.23. The van der Waals surface area contributed by atoms with Crippen LogP contribution in [0.25, 0.3) is 0 Å². The van der Waals surface area contributed by atoms with Gasteiger partial charge in [-0.25, -0.2) is 4.98 Å². The first-order chi connectivity index (χ1) is 8.08. The second-order valence-corrected chi connectivity index (χ2v) is 5.68. The predicted octanol–water partition coefficient (Wildman–Crippen LogP) is 2.04. The number of hydrogen-bond donors (Lipinski definition) is 0. The van der Waals surface area contributed by atoms with E-state index in [-0.39, 0.29) is 17.7 Å². The van der Waals surface area contributed by atoms with Crippen molar-refractivity contribution in [3.05, 3.63) is 16.1 Å². The third-order valence-corrected chi connectivity index (χ3v) is 3.89. The molecule has 0 bridgehead atoms. The smallest absolute Gasteiger partial charge is 0.265 e. The van der Waals surface area contributed by atoms with Crippen molar-refractivity contribution in [3.8, 4) is 0 Å². The Morgan fingerprint density at radius 2 is 2.35 bits per heavy atom. The van der Waals surface area contributed by atoms with Crippen molar-refractivity contribution in [1.29, 1.82) is 0 Å². The number of likely N-dealkylation sites (tertiary alicyclic amines) is 1. The van der Waals surface area contributed by atoms with Crippen LogP contribution in [0.4, 0.5) is 0 Å². The van der Waals surface area contributed by atoms with Crippen molar-refractivity contribution in [1.82, 2.24) is 9.88 Å². The van der Waals surface area contributed by atoms with Crippen LogP contribution < -0.4 is 0 Å². The molecule has 1 fully saturated rings. The second-order valence-electron chi connectivity index (χ2n) is 4.44. The monoisotopic (exact) mass is 252 g/mol. The van der Waals surface area contributed by atoms with E-state index in [1.165, 1.54) is 11.3 Å².